The van der Waals surface area contributed by atoms with Gasteiger partial charge in [0, 0.05) is 19.6 Å². The van der Waals surface area contributed by atoms with Crippen molar-refractivity contribution in [1.82, 2.24) is 20.2 Å². The SMILES string of the molecule is CN(C)C(CNC(=O)c1nc(N2CCCC2)ncc1Cl)c1ccco1. The normalized spacial score (nSPS) is 15.6. The summed E-state index contributed by atoms with van der Waals surface area (Å²) >= 11 is 6.14. The summed E-state index contributed by atoms with van der Waals surface area (Å²) in [5.41, 5.74) is 0.204. The highest BCUT2D eigenvalue weighted by atomic mass is 35.5. The van der Waals surface area contributed by atoms with E-state index in [0.29, 0.717) is 12.5 Å². The van der Waals surface area contributed by atoms with Crippen LogP contribution in [0.4, 0.5) is 5.95 Å². The molecule has 134 valence electrons. The Kier molecular flexibility index (Phi) is 5.55. The number of amides is 1. The number of hydrogen-bond acceptors (Lipinski definition) is 6. The molecule has 1 unspecified atom stereocenters. The zero-order valence-electron chi connectivity index (χ0n) is 14.4. The number of hydrogen-bond donors (Lipinski definition) is 1. The summed E-state index contributed by atoms with van der Waals surface area (Å²) in [6.07, 6.45) is 5.34. The first-order valence-corrected chi connectivity index (χ1v) is 8.69. The Hall–Kier alpha value is -2.12. The maximum atomic E-state index is 12.6. The predicted octanol–water partition coefficient (Wildman–Crippen LogP) is 2.36. The minimum Gasteiger partial charge on any atom is -0.468 e. The van der Waals surface area contributed by atoms with Crippen LogP contribution in [0.25, 0.3) is 0 Å². The van der Waals surface area contributed by atoms with Gasteiger partial charge in [-0.25, -0.2) is 9.97 Å². The number of halogens is 1. The summed E-state index contributed by atoms with van der Waals surface area (Å²) in [4.78, 5) is 25.2. The molecule has 1 fully saturated rings. The molecule has 0 spiro atoms. The van der Waals surface area contributed by atoms with Crippen LogP contribution in [0, 0.1) is 0 Å². The number of rotatable bonds is 6. The number of nitrogens with zero attached hydrogens (tertiary/aromatic N) is 4. The van der Waals surface area contributed by atoms with Gasteiger partial charge in [0.1, 0.15) is 5.76 Å². The Morgan fingerprint density at radius 2 is 2.20 bits per heavy atom. The number of carbonyl (C=O) groups excluding carboxylic acids is 1. The zero-order chi connectivity index (χ0) is 17.8. The molecule has 3 heterocycles. The van der Waals surface area contributed by atoms with Crippen molar-refractivity contribution < 1.29 is 9.21 Å². The minimum atomic E-state index is -0.314. The second-order valence-electron chi connectivity index (χ2n) is 6.27. The fraction of sp³-hybridized carbons (Fsp3) is 0.471. The molecule has 0 aromatic carbocycles. The summed E-state index contributed by atoms with van der Waals surface area (Å²) in [6, 6.07) is 3.65. The van der Waals surface area contributed by atoms with Gasteiger partial charge in [-0.1, -0.05) is 11.6 Å². The minimum absolute atomic E-state index is 0.0717. The third-order valence-corrected chi connectivity index (χ3v) is 4.56. The molecule has 1 atom stereocenters. The van der Waals surface area contributed by atoms with Crippen molar-refractivity contribution in [2.75, 3.05) is 38.6 Å². The molecule has 1 amide bonds. The van der Waals surface area contributed by atoms with Gasteiger partial charge in [0.2, 0.25) is 5.95 Å². The van der Waals surface area contributed by atoms with E-state index in [-0.39, 0.29) is 22.7 Å². The topological polar surface area (TPSA) is 74.5 Å². The van der Waals surface area contributed by atoms with E-state index in [2.05, 4.69) is 20.2 Å². The van der Waals surface area contributed by atoms with Crippen LogP contribution in [-0.4, -0.2) is 54.5 Å². The summed E-state index contributed by atoms with van der Waals surface area (Å²) in [5.74, 6) is 1.03. The number of nitrogens with one attached hydrogen (secondary N) is 1. The van der Waals surface area contributed by atoms with Crippen molar-refractivity contribution in [3.05, 3.63) is 41.1 Å². The summed E-state index contributed by atoms with van der Waals surface area (Å²) in [5, 5.41) is 3.14. The van der Waals surface area contributed by atoms with Crippen LogP contribution in [0.3, 0.4) is 0 Å². The van der Waals surface area contributed by atoms with Crippen LogP contribution in [0.5, 0.6) is 0 Å². The molecule has 0 saturated carbocycles. The Balaban J connectivity index is 1.71. The van der Waals surface area contributed by atoms with Crippen LogP contribution >= 0.6 is 11.6 Å². The third-order valence-electron chi connectivity index (χ3n) is 4.29. The third kappa shape index (κ3) is 4.11. The van der Waals surface area contributed by atoms with Crippen LogP contribution in [0.15, 0.2) is 29.0 Å². The van der Waals surface area contributed by atoms with E-state index in [9.17, 15) is 4.79 Å². The molecule has 0 aliphatic carbocycles. The lowest BCUT2D eigenvalue weighted by atomic mass is 10.2. The van der Waals surface area contributed by atoms with Crippen LogP contribution in [0.2, 0.25) is 5.02 Å². The first-order chi connectivity index (χ1) is 12.1. The standard InChI is InChI=1S/C17H22ClN5O2/c1-22(2)13(14-6-5-9-25-14)11-19-16(24)15-12(18)10-20-17(21-15)23-7-3-4-8-23/h5-6,9-10,13H,3-4,7-8,11H2,1-2H3,(H,19,24). The Labute approximate surface area is 152 Å². The molecule has 2 aromatic heterocycles. The van der Waals surface area contributed by atoms with E-state index >= 15 is 0 Å². The van der Waals surface area contributed by atoms with Crippen LogP contribution < -0.4 is 10.2 Å². The molecule has 1 aliphatic rings. The molecule has 8 heteroatoms. The molecule has 1 saturated heterocycles. The zero-order valence-corrected chi connectivity index (χ0v) is 15.2. The second kappa shape index (κ2) is 7.84. The monoisotopic (exact) mass is 363 g/mol. The van der Waals surface area contributed by atoms with Crippen molar-refractivity contribution in [1.29, 1.82) is 0 Å². The second-order valence-corrected chi connectivity index (χ2v) is 6.67. The van der Waals surface area contributed by atoms with Gasteiger partial charge in [-0.15, -0.1) is 0 Å². The van der Waals surface area contributed by atoms with E-state index in [1.165, 1.54) is 6.20 Å². The van der Waals surface area contributed by atoms with Crippen molar-refractivity contribution in [3.8, 4) is 0 Å². The van der Waals surface area contributed by atoms with Gasteiger partial charge < -0.3 is 14.6 Å². The first-order valence-electron chi connectivity index (χ1n) is 8.32. The van der Waals surface area contributed by atoms with Crippen LogP contribution in [-0.2, 0) is 0 Å². The highest BCUT2D eigenvalue weighted by molar-refractivity contribution is 6.33. The largest absolute Gasteiger partial charge is 0.468 e. The fourth-order valence-corrected chi connectivity index (χ4v) is 3.06. The number of likely N-dealkylation sites (N-methyl/N-ethyl adjacent to an activating group) is 1. The number of anilines is 1. The van der Waals surface area contributed by atoms with Gasteiger partial charge in [-0.2, -0.15) is 0 Å². The van der Waals surface area contributed by atoms with Gasteiger partial charge in [0.25, 0.3) is 5.91 Å². The fourth-order valence-electron chi connectivity index (χ4n) is 2.88. The van der Waals surface area contributed by atoms with Crippen molar-refractivity contribution in [3.63, 3.8) is 0 Å². The molecule has 0 radical (unpaired) electrons. The highest BCUT2D eigenvalue weighted by Gasteiger charge is 2.22. The molecule has 1 N–H and O–H groups in total. The first kappa shape index (κ1) is 17.7. The van der Waals surface area contributed by atoms with Gasteiger partial charge >= 0.3 is 0 Å². The Bertz CT molecular complexity index is 714. The average molecular weight is 364 g/mol. The molecular weight excluding hydrogens is 342 g/mol. The summed E-state index contributed by atoms with van der Waals surface area (Å²) in [6.45, 7) is 2.20. The van der Waals surface area contributed by atoms with Crippen molar-refractivity contribution in [2.24, 2.45) is 0 Å². The summed E-state index contributed by atoms with van der Waals surface area (Å²) < 4.78 is 5.45. The number of furan rings is 1. The maximum absolute atomic E-state index is 12.6. The number of carbonyl (C=O) groups is 1. The van der Waals surface area contributed by atoms with Gasteiger partial charge in [-0.3, -0.25) is 9.69 Å². The Morgan fingerprint density at radius 1 is 1.44 bits per heavy atom. The molecule has 1 aliphatic heterocycles. The van der Waals surface area contributed by atoms with E-state index in [4.69, 9.17) is 16.0 Å². The molecule has 0 bridgehead atoms. The van der Waals surface area contributed by atoms with Crippen LogP contribution in [0.1, 0.15) is 35.1 Å². The van der Waals surface area contributed by atoms with Gasteiger partial charge in [0.15, 0.2) is 5.69 Å². The van der Waals surface area contributed by atoms with E-state index in [1.54, 1.807) is 6.26 Å². The van der Waals surface area contributed by atoms with E-state index in [1.807, 2.05) is 31.1 Å². The summed E-state index contributed by atoms with van der Waals surface area (Å²) in [7, 11) is 3.87. The molecule has 7 nitrogen and oxygen atoms in total. The van der Waals surface area contributed by atoms with Gasteiger partial charge in [0.05, 0.1) is 23.5 Å². The van der Waals surface area contributed by atoms with E-state index in [0.717, 1.165) is 31.7 Å². The molecule has 3 rings (SSSR count). The molecular formula is C17H22ClN5O2. The lowest BCUT2D eigenvalue weighted by Gasteiger charge is -2.22. The molecule has 25 heavy (non-hydrogen) atoms. The average Bonchev–Trinajstić information content (AvgIpc) is 3.29. The highest BCUT2D eigenvalue weighted by Crippen LogP contribution is 2.21. The van der Waals surface area contributed by atoms with E-state index < -0.39 is 0 Å². The smallest absolute Gasteiger partial charge is 0.271 e. The maximum Gasteiger partial charge on any atom is 0.271 e. The Morgan fingerprint density at radius 3 is 2.84 bits per heavy atom. The lowest BCUT2D eigenvalue weighted by Crippen LogP contribution is -2.35. The lowest BCUT2D eigenvalue weighted by molar-refractivity contribution is 0.0934. The van der Waals surface area contributed by atoms with Crippen molar-refractivity contribution >= 4 is 23.5 Å². The number of aromatic nitrogens is 2. The predicted molar refractivity (Wildman–Crippen MR) is 96.0 cm³/mol. The quantitative estimate of drug-likeness (QED) is 0.849. The van der Waals surface area contributed by atoms with Crippen molar-refractivity contribution in [2.45, 2.75) is 18.9 Å². The molecule has 2 aromatic rings. The van der Waals surface area contributed by atoms with Gasteiger partial charge in [-0.05, 0) is 39.1 Å².